The topological polar surface area (TPSA) is 37.4 Å². The summed E-state index contributed by atoms with van der Waals surface area (Å²) in [7, 11) is 0. The maximum Gasteiger partial charge on any atom is 0.236 e. The normalized spacial score (nSPS) is 18.9. The van der Waals surface area contributed by atoms with Crippen LogP contribution in [0.15, 0.2) is 24.3 Å². The van der Waals surface area contributed by atoms with E-state index in [1.165, 1.54) is 4.90 Å². The smallest absolute Gasteiger partial charge is 0.236 e. The fourth-order valence-corrected chi connectivity index (χ4v) is 2.18. The molecule has 19 heavy (non-hydrogen) atoms. The van der Waals surface area contributed by atoms with Crippen molar-refractivity contribution in [3.63, 3.8) is 0 Å². The van der Waals surface area contributed by atoms with Crippen LogP contribution in [0.5, 0.6) is 0 Å². The van der Waals surface area contributed by atoms with Crippen molar-refractivity contribution in [3.8, 4) is 0 Å². The molecule has 0 aliphatic carbocycles. The summed E-state index contributed by atoms with van der Waals surface area (Å²) in [6, 6.07) is 7.52. The van der Waals surface area contributed by atoms with E-state index in [4.69, 9.17) is 0 Å². The average molecular weight is 261 g/mol. The lowest BCUT2D eigenvalue weighted by Gasteiger charge is -2.30. The summed E-state index contributed by atoms with van der Waals surface area (Å²) in [5.74, 6) is -0.134. The lowest BCUT2D eigenvalue weighted by atomic mass is 9.93. The molecule has 1 aromatic rings. The number of hydrogen-bond donors (Lipinski definition) is 0. The number of rotatable bonds is 2. The first-order chi connectivity index (χ1) is 9.13. The molecule has 0 N–H and O–H groups in total. The Labute approximate surface area is 115 Å². The van der Waals surface area contributed by atoms with E-state index in [2.05, 4.69) is 0 Å². The van der Waals surface area contributed by atoms with Gasteiger partial charge in [-0.25, -0.2) is 0 Å². The van der Waals surface area contributed by atoms with Crippen LogP contribution < -0.4 is 4.90 Å². The van der Waals surface area contributed by atoms with Gasteiger partial charge in [0.25, 0.3) is 0 Å². The first-order valence-corrected chi connectivity index (χ1v) is 7.07. The number of carbonyl (C=O) groups is 2. The van der Waals surface area contributed by atoms with Crippen molar-refractivity contribution in [1.82, 2.24) is 0 Å². The number of hydrogen-bond acceptors (Lipinski definition) is 2. The van der Waals surface area contributed by atoms with Gasteiger partial charge in [-0.2, -0.15) is 0 Å². The minimum absolute atomic E-state index is 0.00555. The van der Waals surface area contributed by atoms with Crippen molar-refractivity contribution in [2.75, 3.05) is 4.90 Å². The van der Waals surface area contributed by atoms with Crippen LogP contribution in [0.3, 0.4) is 0 Å². The lowest BCUT2D eigenvalue weighted by Crippen LogP contribution is -2.45. The van der Waals surface area contributed by atoms with Gasteiger partial charge in [0.1, 0.15) is 0 Å². The molecule has 3 heteroatoms. The molecule has 1 aliphatic heterocycles. The maximum absolute atomic E-state index is 12.2. The summed E-state index contributed by atoms with van der Waals surface area (Å²) < 4.78 is 0. The molecule has 1 aromatic carbocycles. The van der Waals surface area contributed by atoms with E-state index in [1.807, 2.05) is 52.0 Å². The summed E-state index contributed by atoms with van der Waals surface area (Å²) in [4.78, 5) is 25.4. The Morgan fingerprint density at radius 1 is 1.16 bits per heavy atom. The fourth-order valence-electron chi connectivity index (χ4n) is 2.18. The van der Waals surface area contributed by atoms with Crippen LogP contribution in [0.4, 0.5) is 5.69 Å². The maximum atomic E-state index is 12.2. The third-order valence-electron chi connectivity index (χ3n) is 3.31. The highest BCUT2D eigenvalue weighted by Gasteiger charge is 2.33. The van der Waals surface area contributed by atoms with E-state index in [1.54, 1.807) is 0 Å². The summed E-state index contributed by atoms with van der Waals surface area (Å²) in [6.07, 6.45) is 1.96. The van der Waals surface area contributed by atoms with E-state index in [0.29, 0.717) is 18.5 Å². The Bertz CT molecular complexity index is 437. The Kier molecular flexibility index (Phi) is 5.74. The summed E-state index contributed by atoms with van der Waals surface area (Å²) >= 11 is 0. The number of benzene rings is 1. The van der Waals surface area contributed by atoms with E-state index in [-0.39, 0.29) is 17.7 Å². The van der Waals surface area contributed by atoms with Gasteiger partial charge in [-0.05, 0) is 31.9 Å². The number of nitrogens with zero attached hydrogens (tertiary/aromatic N) is 1. The SMILES string of the molecule is CC.CCC1CCC(=O)N(c2ccc(C)cc2)C1=O. The molecule has 104 valence electrons. The molecule has 0 radical (unpaired) electrons. The lowest BCUT2D eigenvalue weighted by molar-refractivity contribution is -0.132. The van der Waals surface area contributed by atoms with Gasteiger partial charge in [0, 0.05) is 12.3 Å². The van der Waals surface area contributed by atoms with Crippen LogP contribution >= 0.6 is 0 Å². The van der Waals surface area contributed by atoms with Gasteiger partial charge in [-0.1, -0.05) is 38.5 Å². The molecule has 2 rings (SSSR count). The third-order valence-corrected chi connectivity index (χ3v) is 3.31. The standard InChI is InChI=1S/C14H17NO2.C2H6/c1-3-11-6-9-13(16)15(14(11)17)12-7-4-10(2)5-8-12;1-2/h4-5,7-8,11H,3,6,9H2,1-2H3;1-2H3. The minimum atomic E-state index is -0.0800. The van der Waals surface area contributed by atoms with Crippen LogP contribution in [-0.2, 0) is 9.59 Å². The molecule has 3 nitrogen and oxygen atoms in total. The van der Waals surface area contributed by atoms with Gasteiger partial charge >= 0.3 is 0 Å². The van der Waals surface area contributed by atoms with Gasteiger partial charge in [0.15, 0.2) is 0 Å². The predicted octanol–water partition coefficient (Wildman–Crippen LogP) is 3.70. The second kappa shape index (κ2) is 7.07. The van der Waals surface area contributed by atoms with Crippen molar-refractivity contribution < 1.29 is 9.59 Å². The molecule has 1 atom stereocenters. The van der Waals surface area contributed by atoms with Crippen molar-refractivity contribution in [3.05, 3.63) is 29.8 Å². The summed E-state index contributed by atoms with van der Waals surface area (Å²) in [6.45, 7) is 7.98. The number of piperidine rings is 1. The minimum Gasteiger partial charge on any atom is -0.274 e. The van der Waals surface area contributed by atoms with Gasteiger partial charge in [0.2, 0.25) is 11.8 Å². The van der Waals surface area contributed by atoms with Crippen LogP contribution in [-0.4, -0.2) is 11.8 Å². The zero-order chi connectivity index (χ0) is 14.4. The number of amides is 2. The van der Waals surface area contributed by atoms with Crippen molar-refractivity contribution in [1.29, 1.82) is 0 Å². The molecule has 0 aromatic heterocycles. The Morgan fingerprint density at radius 2 is 1.74 bits per heavy atom. The molecule has 1 fully saturated rings. The van der Waals surface area contributed by atoms with Crippen LogP contribution in [0.2, 0.25) is 0 Å². The second-order valence-electron chi connectivity index (χ2n) is 4.55. The zero-order valence-corrected chi connectivity index (χ0v) is 12.3. The Balaban J connectivity index is 0.000000861. The monoisotopic (exact) mass is 261 g/mol. The molecule has 0 saturated carbocycles. The molecule has 1 aliphatic rings. The third kappa shape index (κ3) is 3.43. The zero-order valence-electron chi connectivity index (χ0n) is 12.3. The molecule has 0 spiro atoms. The van der Waals surface area contributed by atoms with E-state index < -0.39 is 0 Å². The molecular formula is C16H23NO2. The second-order valence-corrected chi connectivity index (χ2v) is 4.55. The number of imide groups is 1. The number of aryl methyl sites for hydroxylation is 1. The molecule has 0 bridgehead atoms. The van der Waals surface area contributed by atoms with Crippen LogP contribution in [0.1, 0.15) is 45.6 Å². The van der Waals surface area contributed by atoms with Crippen molar-refractivity contribution >= 4 is 17.5 Å². The van der Waals surface area contributed by atoms with Crippen molar-refractivity contribution in [2.45, 2.75) is 47.0 Å². The van der Waals surface area contributed by atoms with Crippen LogP contribution in [0.25, 0.3) is 0 Å². The first kappa shape index (κ1) is 15.4. The predicted molar refractivity (Wildman–Crippen MR) is 78.0 cm³/mol. The summed E-state index contributed by atoms with van der Waals surface area (Å²) in [5, 5.41) is 0. The molecule has 1 heterocycles. The summed E-state index contributed by atoms with van der Waals surface area (Å²) in [5.41, 5.74) is 1.82. The molecular weight excluding hydrogens is 238 g/mol. The highest BCUT2D eigenvalue weighted by molar-refractivity contribution is 6.17. The van der Waals surface area contributed by atoms with Crippen molar-refractivity contribution in [2.24, 2.45) is 5.92 Å². The van der Waals surface area contributed by atoms with Gasteiger partial charge < -0.3 is 0 Å². The number of anilines is 1. The number of carbonyl (C=O) groups excluding carboxylic acids is 2. The molecule has 2 amide bonds. The van der Waals surface area contributed by atoms with E-state index in [0.717, 1.165) is 12.0 Å². The van der Waals surface area contributed by atoms with Gasteiger partial charge in [-0.15, -0.1) is 0 Å². The highest BCUT2D eigenvalue weighted by atomic mass is 16.2. The Hall–Kier alpha value is -1.64. The van der Waals surface area contributed by atoms with Gasteiger partial charge in [-0.3, -0.25) is 14.5 Å². The first-order valence-electron chi connectivity index (χ1n) is 7.07. The average Bonchev–Trinajstić information content (AvgIpc) is 2.43. The quantitative estimate of drug-likeness (QED) is 0.761. The molecule has 1 saturated heterocycles. The van der Waals surface area contributed by atoms with E-state index >= 15 is 0 Å². The molecule has 1 unspecified atom stereocenters. The largest absolute Gasteiger partial charge is 0.274 e. The van der Waals surface area contributed by atoms with Crippen LogP contribution in [0, 0.1) is 12.8 Å². The highest BCUT2D eigenvalue weighted by Crippen LogP contribution is 2.27. The van der Waals surface area contributed by atoms with E-state index in [9.17, 15) is 9.59 Å². The Morgan fingerprint density at radius 3 is 2.26 bits per heavy atom. The van der Waals surface area contributed by atoms with Gasteiger partial charge in [0.05, 0.1) is 5.69 Å². The fraction of sp³-hybridized carbons (Fsp3) is 0.500.